The first-order chi connectivity index (χ1) is 6.22. The molecule has 13 heavy (non-hydrogen) atoms. The van der Waals surface area contributed by atoms with E-state index in [4.69, 9.17) is 5.11 Å². The predicted octanol–water partition coefficient (Wildman–Crippen LogP) is 2.92. The van der Waals surface area contributed by atoms with Gasteiger partial charge in [0.2, 0.25) is 0 Å². The summed E-state index contributed by atoms with van der Waals surface area (Å²) in [5.74, 6) is 1.08. The molecule has 1 heteroatoms. The highest BCUT2D eigenvalue weighted by Gasteiger charge is 2.08. The first kappa shape index (κ1) is 10.5. The second-order valence-electron chi connectivity index (χ2n) is 4.26. The van der Waals surface area contributed by atoms with Crippen molar-refractivity contribution in [1.29, 1.82) is 0 Å². The maximum atomic E-state index is 9.10. The minimum absolute atomic E-state index is 0.295. The van der Waals surface area contributed by atoms with E-state index in [2.05, 4.69) is 32.1 Å². The monoisotopic (exact) mass is 180 g/mol. The van der Waals surface area contributed by atoms with Gasteiger partial charge in [-0.1, -0.05) is 37.6 Å². The molecule has 0 saturated carbocycles. The van der Waals surface area contributed by atoms with Gasteiger partial charge >= 0.3 is 0 Å². The molecular weight excluding hydrogens is 160 g/mol. The van der Waals surface area contributed by atoms with Crippen molar-refractivity contribution in [3.63, 3.8) is 0 Å². The lowest BCUT2D eigenvalue weighted by Gasteiger charge is -2.09. The summed E-state index contributed by atoms with van der Waals surface area (Å²) in [5.41, 5.74) is 1.39. The van der Waals surface area contributed by atoms with Crippen molar-refractivity contribution >= 4 is 0 Å². The molecule has 1 rings (SSSR count). The van der Waals surface area contributed by atoms with Gasteiger partial charge in [-0.05, 0) is 25.2 Å². The van der Waals surface area contributed by atoms with E-state index in [9.17, 15) is 0 Å². The van der Waals surface area contributed by atoms with Gasteiger partial charge in [-0.15, -0.1) is 0 Å². The minimum Gasteiger partial charge on any atom is -0.396 e. The van der Waals surface area contributed by atoms with Gasteiger partial charge in [0.1, 0.15) is 0 Å². The summed E-state index contributed by atoms with van der Waals surface area (Å²) < 4.78 is 0. The molecule has 0 aliphatic heterocycles. The van der Waals surface area contributed by atoms with Crippen LogP contribution in [0.5, 0.6) is 0 Å². The Balaban J connectivity index is 2.60. The SMILES string of the molecule is CC(C)CC1=CC(CO)CCC=C1. The van der Waals surface area contributed by atoms with Crippen LogP contribution in [-0.2, 0) is 0 Å². The molecule has 0 spiro atoms. The molecule has 0 radical (unpaired) electrons. The van der Waals surface area contributed by atoms with Gasteiger partial charge in [0.05, 0.1) is 0 Å². The number of hydrogen-bond donors (Lipinski definition) is 1. The van der Waals surface area contributed by atoms with Crippen LogP contribution in [0, 0.1) is 11.8 Å². The van der Waals surface area contributed by atoms with Crippen molar-refractivity contribution < 1.29 is 5.11 Å². The van der Waals surface area contributed by atoms with E-state index < -0.39 is 0 Å². The standard InChI is InChI=1S/C12H20O/c1-10(2)7-11-5-3-4-6-12(8-11)9-13/h3,5,8,10,12-13H,4,6-7,9H2,1-2H3. The zero-order valence-corrected chi connectivity index (χ0v) is 8.66. The fraction of sp³-hybridized carbons (Fsp3) is 0.667. The fourth-order valence-corrected chi connectivity index (χ4v) is 1.74. The summed E-state index contributed by atoms with van der Waals surface area (Å²) in [5, 5.41) is 9.10. The second kappa shape index (κ2) is 5.23. The van der Waals surface area contributed by atoms with Crippen molar-refractivity contribution in [2.45, 2.75) is 33.1 Å². The summed E-state index contributed by atoms with van der Waals surface area (Å²) in [6.07, 6.45) is 10.0. The summed E-state index contributed by atoms with van der Waals surface area (Å²) in [7, 11) is 0. The van der Waals surface area contributed by atoms with E-state index in [-0.39, 0.29) is 0 Å². The Labute approximate surface area is 81.2 Å². The van der Waals surface area contributed by atoms with Crippen LogP contribution in [0.3, 0.4) is 0 Å². The fourth-order valence-electron chi connectivity index (χ4n) is 1.74. The third-order valence-electron chi connectivity index (χ3n) is 2.36. The van der Waals surface area contributed by atoms with E-state index in [1.54, 1.807) is 0 Å². The molecular formula is C12H20O. The van der Waals surface area contributed by atoms with Crippen molar-refractivity contribution in [2.75, 3.05) is 6.61 Å². The zero-order valence-electron chi connectivity index (χ0n) is 8.66. The molecule has 0 aromatic heterocycles. The van der Waals surface area contributed by atoms with Crippen LogP contribution in [0.4, 0.5) is 0 Å². The molecule has 0 fully saturated rings. The summed E-state index contributed by atoms with van der Waals surface area (Å²) in [4.78, 5) is 0. The average Bonchev–Trinajstić information content (AvgIpc) is 2.28. The highest BCUT2D eigenvalue weighted by molar-refractivity contribution is 5.21. The molecule has 0 aromatic rings. The largest absolute Gasteiger partial charge is 0.396 e. The summed E-state index contributed by atoms with van der Waals surface area (Å²) >= 11 is 0. The van der Waals surface area contributed by atoms with Gasteiger partial charge in [0.25, 0.3) is 0 Å². The first-order valence-corrected chi connectivity index (χ1v) is 5.20. The maximum absolute atomic E-state index is 9.10. The highest BCUT2D eigenvalue weighted by Crippen LogP contribution is 2.21. The quantitative estimate of drug-likeness (QED) is 0.708. The van der Waals surface area contributed by atoms with Crippen LogP contribution in [0.15, 0.2) is 23.8 Å². The van der Waals surface area contributed by atoms with Gasteiger partial charge in [-0.25, -0.2) is 0 Å². The average molecular weight is 180 g/mol. The Morgan fingerprint density at radius 1 is 1.54 bits per heavy atom. The third kappa shape index (κ3) is 3.77. The Morgan fingerprint density at radius 2 is 2.31 bits per heavy atom. The van der Waals surface area contributed by atoms with Crippen LogP contribution >= 0.6 is 0 Å². The van der Waals surface area contributed by atoms with E-state index in [1.165, 1.54) is 5.57 Å². The van der Waals surface area contributed by atoms with Gasteiger partial charge in [-0.3, -0.25) is 0 Å². The number of allylic oxidation sites excluding steroid dienone is 3. The molecule has 0 heterocycles. The molecule has 74 valence electrons. The smallest absolute Gasteiger partial charge is 0.0494 e. The molecule has 1 unspecified atom stereocenters. The van der Waals surface area contributed by atoms with Crippen LogP contribution in [0.25, 0.3) is 0 Å². The van der Waals surface area contributed by atoms with Gasteiger partial charge in [0, 0.05) is 12.5 Å². The lowest BCUT2D eigenvalue weighted by Crippen LogP contribution is -2.02. The zero-order chi connectivity index (χ0) is 9.68. The molecule has 1 atom stereocenters. The minimum atomic E-state index is 0.295. The summed E-state index contributed by atoms with van der Waals surface area (Å²) in [6.45, 7) is 4.75. The lowest BCUT2D eigenvalue weighted by molar-refractivity contribution is 0.247. The van der Waals surface area contributed by atoms with Crippen molar-refractivity contribution in [3.05, 3.63) is 23.8 Å². The maximum Gasteiger partial charge on any atom is 0.0494 e. The lowest BCUT2D eigenvalue weighted by atomic mass is 9.98. The van der Waals surface area contributed by atoms with Gasteiger partial charge in [0.15, 0.2) is 0 Å². The van der Waals surface area contributed by atoms with Crippen LogP contribution in [0.1, 0.15) is 33.1 Å². The van der Waals surface area contributed by atoms with E-state index in [0.717, 1.165) is 19.3 Å². The molecule has 1 nitrogen and oxygen atoms in total. The van der Waals surface area contributed by atoms with Gasteiger partial charge < -0.3 is 5.11 Å². The molecule has 1 aliphatic rings. The second-order valence-corrected chi connectivity index (χ2v) is 4.26. The number of hydrogen-bond acceptors (Lipinski definition) is 1. The molecule has 1 aliphatic carbocycles. The van der Waals surface area contributed by atoms with Gasteiger partial charge in [-0.2, -0.15) is 0 Å². The molecule has 0 aromatic carbocycles. The Hall–Kier alpha value is -0.560. The van der Waals surface area contributed by atoms with E-state index >= 15 is 0 Å². The highest BCUT2D eigenvalue weighted by atomic mass is 16.3. The predicted molar refractivity (Wildman–Crippen MR) is 56.5 cm³/mol. The van der Waals surface area contributed by atoms with Crippen LogP contribution in [0.2, 0.25) is 0 Å². The Kier molecular flexibility index (Phi) is 4.23. The molecule has 0 amide bonds. The topological polar surface area (TPSA) is 20.2 Å². The van der Waals surface area contributed by atoms with Crippen molar-refractivity contribution in [1.82, 2.24) is 0 Å². The Morgan fingerprint density at radius 3 is 2.92 bits per heavy atom. The number of rotatable bonds is 3. The normalized spacial score (nSPS) is 23.1. The third-order valence-corrected chi connectivity index (χ3v) is 2.36. The molecule has 1 N–H and O–H groups in total. The van der Waals surface area contributed by atoms with E-state index in [1.807, 2.05) is 0 Å². The molecule has 0 bridgehead atoms. The first-order valence-electron chi connectivity index (χ1n) is 5.20. The molecule has 0 saturated heterocycles. The summed E-state index contributed by atoms with van der Waals surface area (Å²) in [6, 6.07) is 0. The Bertz CT molecular complexity index is 201. The van der Waals surface area contributed by atoms with E-state index in [0.29, 0.717) is 18.4 Å². The van der Waals surface area contributed by atoms with Crippen molar-refractivity contribution in [2.24, 2.45) is 11.8 Å². The number of aliphatic hydroxyl groups is 1. The number of aliphatic hydroxyl groups excluding tert-OH is 1. The van der Waals surface area contributed by atoms with Crippen molar-refractivity contribution in [3.8, 4) is 0 Å². The van der Waals surface area contributed by atoms with Crippen LogP contribution in [-0.4, -0.2) is 11.7 Å². The van der Waals surface area contributed by atoms with Crippen LogP contribution < -0.4 is 0 Å².